The van der Waals surface area contributed by atoms with Crippen LogP contribution in [0, 0.1) is 0 Å². The van der Waals surface area contributed by atoms with Gasteiger partial charge >= 0.3 is 5.97 Å². The molecule has 1 atom stereocenters. The number of rotatable bonds is 5. The third-order valence-corrected chi connectivity index (χ3v) is 3.69. The molecule has 0 aliphatic heterocycles. The summed E-state index contributed by atoms with van der Waals surface area (Å²) in [6, 6.07) is 5.26. The van der Waals surface area contributed by atoms with Gasteiger partial charge in [0.15, 0.2) is 6.10 Å². The Balaban J connectivity index is 3.05. The summed E-state index contributed by atoms with van der Waals surface area (Å²) >= 11 is 3.44. The van der Waals surface area contributed by atoms with E-state index in [9.17, 15) is 9.90 Å². The summed E-state index contributed by atoms with van der Waals surface area (Å²) < 4.78 is 0.865. The van der Waals surface area contributed by atoms with E-state index in [0.29, 0.717) is 11.5 Å². The first-order chi connectivity index (χ1) is 8.01. The zero-order valence-corrected chi connectivity index (χ0v) is 11.6. The van der Waals surface area contributed by atoms with Crippen LogP contribution in [0.4, 0.5) is 0 Å². The molecule has 3 nitrogen and oxygen atoms in total. The molecule has 94 valence electrons. The Morgan fingerprint density at radius 1 is 1.35 bits per heavy atom. The molecule has 1 aromatic carbocycles. The maximum absolute atomic E-state index is 10.7. The molecule has 0 bridgehead atoms. The number of carbonyl (C=O) groups is 1. The van der Waals surface area contributed by atoms with Crippen LogP contribution in [0.25, 0.3) is 0 Å². The van der Waals surface area contributed by atoms with E-state index < -0.39 is 12.1 Å². The Morgan fingerprint density at radius 2 is 1.94 bits per heavy atom. The SMILES string of the molecule is CCC(CC)c1ccc(C(O)C(=O)O)cc1Br. The molecule has 0 radical (unpaired) electrons. The molecule has 0 spiro atoms. The normalized spacial score (nSPS) is 12.8. The van der Waals surface area contributed by atoms with Gasteiger partial charge in [-0.15, -0.1) is 0 Å². The van der Waals surface area contributed by atoms with Crippen LogP contribution in [0.2, 0.25) is 0 Å². The van der Waals surface area contributed by atoms with Crippen molar-refractivity contribution in [2.24, 2.45) is 0 Å². The van der Waals surface area contributed by atoms with Gasteiger partial charge in [0.25, 0.3) is 0 Å². The number of hydrogen-bond acceptors (Lipinski definition) is 2. The van der Waals surface area contributed by atoms with Crippen molar-refractivity contribution in [2.75, 3.05) is 0 Å². The number of aliphatic carboxylic acids is 1. The van der Waals surface area contributed by atoms with E-state index in [1.807, 2.05) is 6.07 Å². The molecule has 0 aliphatic rings. The highest BCUT2D eigenvalue weighted by Gasteiger charge is 2.18. The van der Waals surface area contributed by atoms with Gasteiger partial charge in [-0.1, -0.05) is 41.9 Å². The fourth-order valence-corrected chi connectivity index (χ4v) is 2.64. The number of halogens is 1. The molecule has 0 fully saturated rings. The molecule has 1 aromatic rings. The zero-order valence-electron chi connectivity index (χ0n) is 9.98. The summed E-state index contributed by atoms with van der Waals surface area (Å²) in [6.45, 7) is 4.25. The van der Waals surface area contributed by atoms with Crippen LogP contribution in [0.15, 0.2) is 22.7 Å². The molecule has 17 heavy (non-hydrogen) atoms. The third-order valence-electron chi connectivity index (χ3n) is 3.00. The molecule has 0 saturated carbocycles. The fourth-order valence-electron chi connectivity index (χ4n) is 1.92. The second-order valence-electron chi connectivity index (χ2n) is 4.04. The number of aliphatic hydroxyl groups excluding tert-OH is 1. The molecule has 0 aliphatic carbocycles. The minimum absolute atomic E-state index is 0.402. The van der Waals surface area contributed by atoms with Crippen LogP contribution in [0.3, 0.4) is 0 Å². The first kappa shape index (κ1) is 14.2. The van der Waals surface area contributed by atoms with Crippen molar-refractivity contribution in [3.8, 4) is 0 Å². The van der Waals surface area contributed by atoms with Gasteiger partial charge in [0.05, 0.1) is 0 Å². The summed E-state index contributed by atoms with van der Waals surface area (Å²) in [7, 11) is 0. The molecular weight excluding hydrogens is 284 g/mol. The van der Waals surface area contributed by atoms with E-state index in [0.717, 1.165) is 22.9 Å². The van der Waals surface area contributed by atoms with Crippen molar-refractivity contribution in [2.45, 2.75) is 38.7 Å². The Morgan fingerprint density at radius 3 is 2.35 bits per heavy atom. The number of benzene rings is 1. The van der Waals surface area contributed by atoms with Crippen LogP contribution < -0.4 is 0 Å². The summed E-state index contributed by atoms with van der Waals surface area (Å²) in [5.74, 6) is -0.771. The summed E-state index contributed by atoms with van der Waals surface area (Å²) in [6.07, 6.45) is 0.619. The Hall–Kier alpha value is -0.870. The van der Waals surface area contributed by atoms with Gasteiger partial charge in [-0.25, -0.2) is 4.79 Å². The van der Waals surface area contributed by atoms with E-state index in [1.165, 1.54) is 0 Å². The smallest absolute Gasteiger partial charge is 0.337 e. The summed E-state index contributed by atoms with van der Waals surface area (Å²) in [5.41, 5.74) is 1.57. The van der Waals surface area contributed by atoms with Gasteiger partial charge < -0.3 is 10.2 Å². The lowest BCUT2D eigenvalue weighted by atomic mass is 9.93. The van der Waals surface area contributed by atoms with Gasteiger partial charge in [-0.3, -0.25) is 0 Å². The van der Waals surface area contributed by atoms with Crippen LogP contribution >= 0.6 is 15.9 Å². The lowest BCUT2D eigenvalue weighted by molar-refractivity contribution is -0.146. The van der Waals surface area contributed by atoms with Crippen LogP contribution in [-0.2, 0) is 4.79 Å². The topological polar surface area (TPSA) is 57.5 Å². The van der Waals surface area contributed by atoms with Crippen LogP contribution in [0.5, 0.6) is 0 Å². The number of hydrogen-bond donors (Lipinski definition) is 2. The van der Waals surface area contributed by atoms with E-state index in [2.05, 4.69) is 29.8 Å². The monoisotopic (exact) mass is 300 g/mol. The fraction of sp³-hybridized carbons (Fsp3) is 0.462. The van der Waals surface area contributed by atoms with E-state index in [1.54, 1.807) is 12.1 Å². The number of aliphatic hydroxyl groups is 1. The predicted molar refractivity (Wildman–Crippen MR) is 70.1 cm³/mol. The van der Waals surface area contributed by atoms with Crippen molar-refractivity contribution in [1.82, 2.24) is 0 Å². The van der Waals surface area contributed by atoms with Gasteiger partial charge in [0.1, 0.15) is 0 Å². The minimum atomic E-state index is -1.46. The molecule has 1 rings (SSSR count). The number of carboxylic acids is 1. The lowest BCUT2D eigenvalue weighted by Crippen LogP contribution is -2.10. The Labute approximate surface area is 110 Å². The lowest BCUT2D eigenvalue weighted by Gasteiger charge is -2.16. The van der Waals surface area contributed by atoms with E-state index in [-0.39, 0.29) is 0 Å². The molecule has 4 heteroatoms. The molecule has 1 unspecified atom stereocenters. The Bertz CT molecular complexity index is 400. The van der Waals surface area contributed by atoms with Gasteiger partial charge in [0.2, 0.25) is 0 Å². The van der Waals surface area contributed by atoms with Crippen LogP contribution in [0.1, 0.15) is 49.8 Å². The first-order valence-electron chi connectivity index (χ1n) is 5.71. The first-order valence-corrected chi connectivity index (χ1v) is 6.50. The Kier molecular flexibility index (Phi) is 5.15. The average Bonchev–Trinajstić information content (AvgIpc) is 2.31. The third kappa shape index (κ3) is 3.30. The highest BCUT2D eigenvalue weighted by atomic mass is 79.9. The number of carboxylic acid groups (broad SMARTS) is 1. The van der Waals surface area contributed by atoms with Crippen LogP contribution in [-0.4, -0.2) is 16.2 Å². The van der Waals surface area contributed by atoms with Gasteiger partial charge in [-0.2, -0.15) is 0 Å². The van der Waals surface area contributed by atoms with Crippen molar-refractivity contribution in [3.63, 3.8) is 0 Å². The standard InChI is InChI=1S/C13H17BrO3/c1-3-8(4-2)10-6-5-9(7-11(10)14)12(15)13(16)17/h5-8,12,15H,3-4H2,1-2H3,(H,16,17). The van der Waals surface area contributed by atoms with Gasteiger partial charge in [0, 0.05) is 4.47 Å². The maximum atomic E-state index is 10.7. The second-order valence-corrected chi connectivity index (χ2v) is 4.89. The molecule has 0 amide bonds. The predicted octanol–water partition coefficient (Wildman–Crippen LogP) is 3.47. The highest BCUT2D eigenvalue weighted by molar-refractivity contribution is 9.10. The van der Waals surface area contributed by atoms with E-state index >= 15 is 0 Å². The quantitative estimate of drug-likeness (QED) is 0.875. The summed E-state index contributed by atoms with van der Waals surface area (Å²) in [4.78, 5) is 10.7. The average molecular weight is 301 g/mol. The molecule has 0 saturated heterocycles. The highest BCUT2D eigenvalue weighted by Crippen LogP contribution is 2.31. The largest absolute Gasteiger partial charge is 0.479 e. The minimum Gasteiger partial charge on any atom is -0.479 e. The molecule has 2 N–H and O–H groups in total. The van der Waals surface area contributed by atoms with E-state index in [4.69, 9.17) is 5.11 Å². The van der Waals surface area contributed by atoms with Crippen molar-refractivity contribution in [3.05, 3.63) is 33.8 Å². The summed E-state index contributed by atoms with van der Waals surface area (Å²) in [5, 5.41) is 18.2. The van der Waals surface area contributed by atoms with Crippen molar-refractivity contribution in [1.29, 1.82) is 0 Å². The zero-order chi connectivity index (χ0) is 13.0. The molecular formula is C13H17BrO3. The van der Waals surface area contributed by atoms with Crippen molar-refractivity contribution >= 4 is 21.9 Å². The second kappa shape index (κ2) is 6.17. The van der Waals surface area contributed by atoms with Gasteiger partial charge in [-0.05, 0) is 36.0 Å². The molecule has 0 heterocycles. The maximum Gasteiger partial charge on any atom is 0.337 e. The molecule has 0 aromatic heterocycles. The van der Waals surface area contributed by atoms with Crippen molar-refractivity contribution < 1.29 is 15.0 Å².